The Balaban J connectivity index is 4.50. The topological polar surface area (TPSA) is 78.9 Å². The second-order valence-electron chi connectivity index (χ2n) is 18.5. The molecule has 0 aromatic rings. The van der Waals surface area contributed by atoms with Crippen molar-refractivity contribution in [3.05, 3.63) is 109 Å². The van der Waals surface area contributed by atoms with Gasteiger partial charge in [0, 0.05) is 19.3 Å². The molecule has 6 nitrogen and oxygen atoms in total. The second kappa shape index (κ2) is 56.7. The normalized spacial score (nSPS) is 12.9. The fourth-order valence-corrected chi connectivity index (χ4v) is 7.47. The van der Waals surface area contributed by atoms with Gasteiger partial charge in [-0.15, -0.1) is 0 Å². The fourth-order valence-electron chi connectivity index (χ4n) is 7.47. The maximum Gasteiger partial charge on any atom is 0.306 e. The minimum absolute atomic E-state index is 0.101. The van der Waals surface area contributed by atoms with Gasteiger partial charge in [-0.1, -0.05) is 214 Å². The molecule has 0 aliphatic heterocycles. The molecule has 0 amide bonds. The third kappa shape index (κ3) is 54.9. The molecule has 0 aromatic heterocycles. The number of esters is 3. The van der Waals surface area contributed by atoms with Gasteiger partial charge in [0.1, 0.15) is 13.2 Å². The standard InChI is InChI=1S/C63H104O6/c1-4-7-10-13-16-19-22-25-28-30-31-33-35-38-41-44-47-50-53-56-62(65)68-59-60(58-67-61(64)55-52-49-46-43-40-37-34-27-24-21-18-15-12-9-6-3)69-63(66)57-54-51-48-45-42-39-36-32-29-26-23-20-17-14-11-8-5-2/h7,10,16-21,25-29,31,33-34,38,41,60H,4-6,8-9,11-15,22-24,30,32,35-37,39-40,42-59H2,1-3H3/b10-7+,19-16+,20-17+,21-18+,28-25+,29-26+,33-31+,34-27+,41-38+/t60-/m1/s1. The van der Waals surface area contributed by atoms with Crippen LogP contribution in [0.1, 0.15) is 252 Å². The van der Waals surface area contributed by atoms with E-state index < -0.39 is 6.10 Å². The first-order chi connectivity index (χ1) is 34.0. The molecule has 0 heterocycles. The number of rotatable bonds is 50. The van der Waals surface area contributed by atoms with Crippen LogP contribution in [0, 0.1) is 0 Å². The van der Waals surface area contributed by atoms with Gasteiger partial charge < -0.3 is 14.2 Å². The maximum absolute atomic E-state index is 12.9. The summed E-state index contributed by atoms with van der Waals surface area (Å²) in [5, 5.41) is 0. The summed E-state index contributed by atoms with van der Waals surface area (Å²) < 4.78 is 16.8. The summed E-state index contributed by atoms with van der Waals surface area (Å²) in [4.78, 5) is 38.2. The maximum atomic E-state index is 12.9. The van der Waals surface area contributed by atoms with Crippen LogP contribution in [0.15, 0.2) is 109 Å². The highest BCUT2D eigenvalue weighted by atomic mass is 16.6. The van der Waals surface area contributed by atoms with Gasteiger partial charge >= 0.3 is 17.9 Å². The summed E-state index contributed by atoms with van der Waals surface area (Å²) >= 11 is 0. The summed E-state index contributed by atoms with van der Waals surface area (Å²) in [5.41, 5.74) is 0. The summed E-state index contributed by atoms with van der Waals surface area (Å²) in [7, 11) is 0. The molecule has 0 radical (unpaired) electrons. The van der Waals surface area contributed by atoms with E-state index in [9.17, 15) is 14.4 Å². The van der Waals surface area contributed by atoms with Crippen molar-refractivity contribution in [1.82, 2.24) is 0 Å². The molecule has 392 valence electrons. The molecule has 6 heteroatoms. The van der Waals surface area contributed by atoms with Gasteiger partial charge in [0.2, 0.25) is 0 Å². The lowest BCUT2D eigenvalue weighted by molar-refractivity contribution is -0.167. The van der Waals surface area contributed by atoms with Gasteiger partial charge in [0.25, 0.3) is 0 Å². The quantitative estimate of drug-likeness (QED) is 0.0262. The van der Waals surface area contributed by atoms with Crippen LogP contribution < -0.4 is 0 Å². The molecule has 0 spiro atoms. The Hall–Kier alpha value is -3.93. The Labute approximate surface area is 425 Å². The van der Waals surface area contributed by atoms with E-state index in [-0.39, 0.29) is 31.1 Å². The predicted octanol–water partition coefficient (Wildman–Crippen LogP) is 19.1. The highest BCUT2D eigenvalue weighted by Crippen LogP contribution is 2.14. The van der Waals surface area contributed by atoms with E-state index in [0.29, 0.717) is 19.3 Å². The zero-order valence-electron chi connectivity index (χ0n) is 44.8. The number of hydrogen-bond donors (Lipinski definition) is 0. The first-order valence-corrected chi connectivity index (χ1v) is 28.4. The minimum Gasteiger partial charge on any atom is -0.462 e. The molecule has 69 heavy (non-hydrogen) atoms. The summed E-state index contributed by atoms with van der Waals surface area (Å²) in [6.45, 7) is 6.43. The molecule has 0 aliphatic rings. The van der Waals surface area contributed by atoms with Gasteiger partial charge in [-0.05, 0) is 128 Å². The Kier molecular flexibility index (Phi) is 53.4. The first kappa shape index (κ1) is 65.1. The number of allylic oxidation sites excluding steroid dienone is 18. The Bertz CT molecular complexity index is 1420. The average Bonchev–Trinajstić information content (AvgIpc) is 3.35. The van der Waals surface area contributed by atoms with Crippen molar-refractivity contribution in [2.24, 2.45) is 0 Å². The zero-order chi connectivity index (χ0) is 50.0. The van der Waals surface area contributed by atoms with E-state index in [1.807, 2.05) is 0 Å². The van der Waals surface area contributed by atoms with E-state index in [2.05, 4.69) is 130 Å². The molecular formula is C63H104O6. The summed E-state index contributed by atoms with van der Waals surface area (Å²) in [6, 6.07) is 0. The molecule has 0 rings (SSSR count). The largest absolute Gasteiger partial charge is 0.462 e. The first-order valence-electron chi connectivity index (χ1n) is 28.4. The van der Waals surface area contributed by atoms with Crippen LogP contribution in [0.4, 0.5) is 0 Å². The molecular weight excluding hydrogens is 853 g/mol. The number of carbonyl (C=O) groups is 3. The lowest BCUT2D eigenvalue weighted by Crippen LogP contribution is -2.30. The van der Waals surface area contributed by atoms with Gasteiger partial charge in [0.15, 0.2) is 6.10 Å². The lowest BCUT2D eigenvalue weighted by Gasteiger charge is -2.18. The molecule has 1 atom stereocenters. The van der Waals surface area contributed by atoms with E-state index in [1.54, 1.807) is 0 Å². The smallest absolute Gasteiger partial charge is 0.306 e. The van der Waals surface area contributed by atoms with Crippen LogP contribution >= 0.6 is 0 Å². The third-order valence-corrected chi connectivity index (χ3v) is 11.7. The molecule has 0 N–H and O–H groups in total. The molecule has 0 saturated heterocycles. The Morgan fingerprint density at radius 3 is 0.899 bits per heavy atom. The summed E-state index contributed by atoms with van der Waals surface area (Å²) in [6.07, 6.45) is 76.4. The number of carbonyl (C=O) groups excluding carboxylic acids is 3. The molecule has 0 bridgehead atoms. The molecule has 0 aliphatic carbocycles. The van der Waals surface area contributed by atoms with Crippen molar-refractivity contribution in [3.8, 4) is 0 Å². The Morgan fingerprint density at radius 1 is 0.304 bits per heavy atom. The third-order valence-electron chi connectivity index (χ3n) is 11.7. The number of ether oxygens (including phenoxy) is 3. The highest BCUT2D eigenvalue weighted by molar-refractivity contribution is 5.71. The predicted molar refractivity (Wildman–Crippen MR) is 297 cm³/mol. The van der Waals surface area contributed by atoms with Crippen LogP contribution in [0.3, 0.4) is 0 Å². The molecule has 0 fully saturated rings. The van der Waals surface area contributed by atoms with Gasteiger partial charge in [-0.25, -0.2) is 0 Å². The number of hydrogen-bond acceptors (Lipinski definition) is 6. The molecule has 0 saturated carbocycles. The van der Waals surface area contributed by atoms with Gasteiger partial charge in [0.05, 0.1) is 0 Å². The van der Waals surface area contributed by atoms with Crippen molar-refractivity contribution in [1.29, 1.82) is 0 Å². The van der Waals surface area contributed by atoms with Crippen LogP contribution in [-0.2, 0) is 28.6 Å². The van der Waals surface area contributed by atoms with Crippen molar-refractivity contribution in [3.63, 3.8) is 0 Å². The zero-order valence-corrected chi connectivity index (χ0v) is 44.8. The Morgan fingerprint density at radius 2 is 0.565 bits per heavy atom. The number of unbranched alkanes of at least 4 members (excludes halogenated alkanes) is 21. The lowest BCUT2D eigenvalue weighted by atomic mass is 10.1. The van der Waals surface area contributed by atoms with Gasteiger partial charge in [-0.2, -0.15) is 0 Å². The van der Waals surface area contributed by atoms with E-state index in [0.717, 1.165) is 135 Å². The average molecular weight is 958 g/mol. The minimum atomic E-state index is -0.804. The van der Waals surface area contributed by atoms with Crippen LogP contribution in [0.5, 0.6) is 0 Å². The fraction of sp³-hybridized carbons (Fsp3) is 0.667. The van der Waals surface area contributed by atoms with Crippen LogP contribution in [0.25, 0.3) is 0 Å². The SMILES string of the molecule is CC/C=C/C/C=C/C/C=C/C/C=C/C/C=C/CCCCCC(=O)OC[C@@H](COC(=O)CCCCCCC/C=C/C/C=C/CCCCC)OC(=O)CCCCCCCCC/C=C/C/C=C/CCCCC. The second-order valence-corrected chi connectivity index (χ2v) is 18.5. The van der Waals surface area contributed by atoms with E-state index in [4.69, 9.17) is 14.2 Å². The van der Waals surface area contributed by atoms with Crippen LogP contribution in [-0.4, -0.2) is 37.2 Å². The van der Waals surface area contributed by atoms with E-state index >= 15 is 0 Å². The van der Waals surface area contributed by atoms with Crippen molar-refractivity contribution < 1.29 is 28.6 Å². The molecule has 0 unspecified atom stereocenters. The van der Waals surface area contributed by atoms with Crippen molar-refractivity contribution in [2.45, 2.75) is 258 Å². The summed E-state index contributed by atoms with van der Waals surface area (Å²) in [5.74, 6) is -0.955. The monoisotopic (exact) mass is 957 g/mol. The van der Waals surface area contributed by atoms with E-state index in [1.165, 1.54) is 77.0 Å². The molecule has 0 aromatic carbocycles. The van der Waals surface area contributed by atoms with Crippen LogP contribution in [0.2, 0.25) is 0 Å². The van der Waals surface area contributed by atoms with Crippen molar-refractivity contribution in [2.75, 3.05) is 13.2 Å². The van der Waals surface area contributed by atoms with Crippen molar-refractivity contribution >= 4 is 17.9 Å². The van der Waals surface area contributed by atoms with Gasteiger partial charge in [-0.3, -0.25) is 14.4 Å². The highest BCUT2D eigenvalue weighted by Gasteiger charge is 2.19.